The fourth-order valence-electron chi connectivity index (χ4n) is 6.73. The average Bonchev–Trinajstić information content (AvgIpc) is 3.56. The molecule has 2 N–H and O–H groups in total. The number of carbonyl (C=O) groups excluding carboxylic acids is 2. The van der Waals surface area contributed by atoms with Crippen LogP contribution in [0.25, 0.3) is 0 Å². The topological polar surface area (TPSA) is 93.7 Å². The number of carbonyl (C=O) groups is 2. The minimum absolute atomic E-state index is 0.0261. The Balaban J connectivity index is 1.30. The van der Waals surface area contributed by atoms with Crippen molar-refractivity contribution in [1.29, 1.82) is 5.26 Å². The van der Waals surface area contributed by atoms with E-state index in [1.165, 1.54) is 31.4 Å². The normalized spacial score (nSPS) is 29.4. The smallest absolute Gasteiger partial charge is 0.241 e. The zero-order valence-corrected chi connectivity index (χ0v) is 19.6. The molecule has 0 spiro atoms. The number of nitriles is 1. The van der Waals surface area contributed by atoms with Gasteiger partial charge in [-0.2, -0.15) is 5.26 Å². The summed E-state index contributed by atoms with van der Waals surface area (Å²) in [7, 11) is 0. The molecule has 4 fully saturated rings. The largest absolute Gasteiger partial charge is 0.330 e. The number of halogens is 1. The summed E-state index contributed by atoms with van der Waals surface area (Å²) in [5.74, 6) is 0.0363. The minimum atomic E-state index is -0.735. The van der Waals surface area contributed by atoms with Gasteiger partial charge in [0.25, 0.3) is 0 Å². The summed E-state index contributed by atoms with van der Waals surface area (Å²) in [4.78, 5) is 32.3. The van der Waals surface area contributed by atoms with Crippen LogP contribution in [0.2, 0.25) is 0 Å². The molecule has 182 valence electrons. The third kappa shape index (κ3) is 4.20. The Labute approximate surface area is 200 Å². The van der Waals surface area contributed by atoms with E-state index in [1.807, 2.05) is 12.1 Å². The minimum Gasteiger partial charge on any atom is -0.330 e. The Hall–Kier alpha value is -2.50. The molecule has 0 radical (unpaired) electrons. The zero-order valence-electron chi connectivity index (χ0n) is 19.6. The van der Waals surface area contributed by atoms with Crippen LogP contribution >= 0.6 is 0 Å². The molecule has 1 unspecified atom stereocenters. The van der Waals surface area contributed by atoms with E-state index in [-0.39, 0.29) is 35.8 Å². The summed E-state index contributed by atoms with van der Waals surface area (Å²) in [6.45, 7) is 1.60. The highest BCUT2D eigenvalue weighted by molar-refractivity contribution is 5.87. The second-order valence-electron chi connectivity index (χ2n) is 10.4. The van der Waals surface area contributed by atoms with Gasteiger partial charge >= 0.3 is 0 Å². The third-order valence-electron chi connectivity index (χ3n) is 8.36. The number of hydrogen-bond acceptors (Lipinski definition) is 5. The Kier molecular flexibility index (Phi) is 6.59. The number of nitrogens with two attached hydrogens (primary N) is 1. The first-order valence-electron chi connectivity index (χ1n) is 12.8. The highest BCUT2D eigenvalue weighted by Crippen LogP contribution is 2.45. The third-order valence-corrected chi connectivity index (χ3v) is 8.36. The van der Waals surface area contributed by atoms with Crippen LogP contribution in [-0.4, -0.2) is 70.3 Å². The summed E-state index contributed by atoms with van der Waals surface area (Å²) in [6, 6.07) is 7.52. The molecule has 5 rings (SSSR count). The lowest BCUT2D eigenvalue weighted by atomic mass is 9.80. The molecule has 0 aromatic heterocycles. The molecule has 3 aliphatic heterocycles. The van der Waals surface area contributed by atoms with Gasteiger partial charge in [0.1, 0.15) is 11.9 Å². The van der Waals surface area contributed by atoms with Gasteiger partial charge in [0.2, 0.25) is 11.8 Å². The predicted octanol–water partition coefficient (Wildman–Crippen LogP) is 2.57. The Morgan fingerprint density at radius 3 is 2.56 bits per heavy atom. The van der Waals surface area contributed by atoms with E-state index in [4.69, 9.17) is 5.73 Å². The molecule has 7 nitrogen and oxygen atoms in total. The summed E-state index contributed by atoms with van der Waals surface area (Å²) < 4.78 is 13.6. The number of amides is 2. The van der Waals surface area contributed by atoms with Gasteiger partial charge in [0, 0.05) is 25.7 Å². The van der Waals surface area contributed by atoms with E-state index in [0.29, 0.717) is 32.0 Å². The highest BCUT2D eigenvalue weighted by Gasteiger charge is 2.53. The summed E-state index contributed by atoms with van der Waals surface area (Å²) in [5, 5.41) is 9.30. The van der Waals surface area contributed by atoms with Gasteiger partial charge < -0.3 is 15.5 Å². The first kappa shape index (κ1) is 23.3. The Bertz CT molecular complexity index is 957. The summed E-state index contributed by atoms with van der Waals surface area (Å²) in [6.07, 6.45) is 8.01. The number of piperazine rings is 1. The number of rotatable bonds is 6. The SMILES string of the molecule is N#C[C@@H]1CCCN1C(=O)[C@@H](N)CN1CC2C[C@H]1C(=O)N2[C@@H](c1ccc(F)cc1)C1CCCCC1. The van der Waals surface area contributed by atoms with E-state index in [0.717, 1.165) is 31.2 Å². The van der Waals surface area contributed by atoms with Crippen LogP contribution in [-0.2, 0) is 9.59 Å². The van der Waals surface area contributed by atoms with Crippen molar-refractivity contribution in [3.63, 3.8) is 0 Å². The van der Waals surface area contributed by atoms with Gasteiger partial charge in [-0.3, -0.25) is 14.5 Å². The average molecular weight is 468 g/mol. The van der Waals surface area contributed by atoms with Gasteiger partial charge in [-0.15, -0.1) is 0 Å². The van der Waals surface area contributed by atoms with Crippen LogP contribution in [0.5, 0.6) is 0 Å². The van der Waals surface area contributed by atoms with Gasteiger partial charge in [-0.05, 0) is 55.7 Å². The number of fused-ring (bicyclic) bond motifs is 2. The zero-order chi connectivity index (χ0) is 23.8. The first-order valence-corrected chi connectivity index (χ1v) is 12.8. The molecule has 4 aliphatic rings. The van der Waals surface area contributed by atoms with E-state index in [2.05, 4.69) is 15.9 Å². The Morgan fingerprint density at radius 2 is 1.88 bits per heavy atom. The molecule has 3 saturated heterocycles. The molecular weight excluding hydrogens is 433 g/mol. The lowest BCUT2D eigenvalue weighted by molar-refractivity contribution is -0.142. The van der Waals surface area contributed by atoms with Crippen LogP contribution in [0, 0.1) is 23.1 Å². The van der Waals surface area contributed by atoms with Crippen molar-refractivity contribution in [1.82, 2.24) is 14.7 Å². The van der Waals surface area contributed by atoms with Crippen molar-refractivity contribution in [2.24, 2.45) is 11.7 Å². The number of nitrogens with zero attached hydrogens (tertiary/aromatic N) is 4. The molecular formula is C26H34FN5O2. The second-order valence-corrected chi connectivity index (χ2v) is 10.4. The standard InChI is InChI=1S/C26H34FN5O2/c27-19-10-8-18(9-11-19)24(17-5-2-1-3-6-17)32-21-13-23(26(32)34)30(15-21)16-22(29)25(33)31-12-4-7-20(31)14-28/h8-11,17,20-24H,1-7,12-13,15-16,29H2/t20-,21?,22-,23-,24+/m0/s1. The van der Waals surface area contributed by atoms with Crippen molar-refractivity contribution >= 4 is 11.8 Å². The van der Waals surface area contributed by atoms with Crippen molar-refractivity contribution in [3.8, 4) is 6.07 Å². The molecule has 8 heteroatoms. The lowest BCUT2D eigenvalue weighted by Gasteiger charge is -2.43. The van der Waals surface area contributed by atoms with Crippen LogP contribution in [0.4, 0.5) is 4.39 Å². The van der Waals surface area contributed by atoms with E-state index >= 15 is 0 Å². The van der Waals surface area contributed by atoms with Gasteiger partial charge in [-0.25, -0.2) is 4.39 Å². The first-order chi connectivity index (χ1) is 16.5. The predicted molar refractivity (Wildman–Crippen MR) is 125 cm³/mol. The van der Waals surface area contributed by atoms with Gasteiger partial charge in [0.15, 0.2) is 0 Å². The van der Waals surface area contributed by atoms with Crippen molar-refractivity contribution in [2.45, 2.75) is 81.6 Å². The van der Waals surface area contributed by atoms with Crippen molar-refractivity contribution in [3.05, 3.63) is 35.6 Å². The molecule has 1 aliphatic carbocycles. The number of hydrogen-bond donors (Lipinski definition) is 1. The van der Waals surface area contributed by atoms with E-state index in [1.54, 1.807) is 4.90 Å². The molecule has 1 aromatic rings. The van der Waals surface area contributed by atoms with Crippen LogP contribution in [0.15, 0.2) is 24.3 Å². The molecule has 2 amide bonds. The highest BCUT2D eigenvalue weighted by atomic mass is 19.1. The molecule has 2 bridgehead atoms. The Morgan fingerprint density at radius 1 is 1.15 bits per heavy atom. The second kappa shape index (κ2) is 9.63. The van der Waals surface area contributed by atoms with Crippen LogP contribution in [0.1, 0.15) is 63.0 Å². The van der Waals surface area contributed by atoms with Gasteiger partial charge in [-0.1, -0.05) is 31.4 Å². The summed E-state index contributed by atoms with van der Waals surface area (Å²) >= 11 is 0. The molecule has 3 heterocycles. The fraction of sp³-hybridized carbons (Fsp3) is 0.654. The molecule has 1 saturated carbocycles. The quantitative estimate of drug-likeness (QED) is 0.694. The van der Waals surface area contributed by atoms with Crippen molar-refractivity contribution in [2.75, 3.05) is 19.6 Å². The maximum atomic E-state index is 13.6. The maximum Gasteiger partial charge on any atom is 0.241 e. The monoisotopic (exact) mass is 467 g/mol. The van der Waals surface area contributed by atoms with Crippen LogP contribution < -0.4 is 5.73 Å². The number of likely N-dealkylation sites (tertiary alicyclic amines) is 3. The fourth-order valence-corrected chi connectivity index (χ4v) is 6.73. The van der Waals surface area contributed by atoms with Crippen LogP contribution in [0.3, 0.4) is 0 Å². The number of benzene rings is 1. The summed E-state index contributed by atoms with van der Waals surface area (Å²) in [5.41, 5.74) is 7.30. The molecule has 1 aromatic carbocycles. The van der Waals surface area contributed by atoms with Gasteiger partial charge in [0.05, 0.1) is 24.2 Å². The molecule has 34 heavy (non-hydrogen) atoms. The lowest BCUT2D eigenvalue weighted by Crippen LogP contribution is -2.57. The van der Waals surface area contributed by atoms with Crippen molar-refractivity contribution < 1.29 is 14.0 Å². The van der Waals surface area contributed by atoms with E-state index in [9.17, 15) is 19.2 Å². The maximum absolute atomic E-state index is 13.6. The van der Waals surface area contributed by atoms with E-state index < -0.39 is 12.1 Å². The molecule has 5 atom stereocenters.